The highest BCUT2D eigenvalue weighted by atomic mass is 15.3. The fraction of sp³-hybridized carbons (Fsp3) is 1.00. The zero-order chi connectivity index (χ0) is 20.1. The number of unbranched alkanes of at least 4 members (excludes halogenated alkanes) is 3. The van der Waals surface area contributed by atoms with E-state index in [1.54, 1.807) is 0 Å². The molecule has 0 aromatic rings. The first-order valence-corrected chi connectivity index (χ1v) is 10.7. The van der Waals surface area contributed by atoms with E-state index < -0.39 is 0 Å². The highest BCUT2D eigenvalue weighted by molar-refractivity contribution is 5.13. The molecule has 26 heavy (non-hydrogen) atoms. The maximum absolute atomic E-state index is 3.83. The Bertz CT molecular complexity index is 426. The van der Waals surface area contributed by atoms with Crippen molar-refractivity contribution < 1.29 is 0 Å². The third-order valence-electron chi connectivity index (χ3n) is 7.58. The molecule has 0 radical (unpaired) electrons. The van der Waals surface area contributed by atoms with Gasteiger partial charge in [-0.05, 0) is 82.1 Å². The van der Waals surface area contributed by atoms with E-state index in [9.17, 15) is 0 Å². The van der Waals surface area contributed by atoms with E-state index in [-0.39, 0.29) is 33.5 Å². The minimum atomic E-state index is 0.0571. The van der Waals surface area contributed by atoms with Crippen molar-refractivity contribution in [2.24, 2.45) is 0 Å². The molecule has 4 heteroatoms. The number of hydrogen-bond acceptors (Lipinski definition) is 4. The van der Waals surface area contributed by atoms with Gasteiger partial charge in [0.15, 0.2) is 0 Å². The van der Waals surface area contributed by atoms with Crippen molar-refractivity contribution in [2.75, 3.05) is 0 Å². The highest BCUT2D eigenvalue weighted by Gasteiger charge is 2.51. The van der Waals surface area contributed by atoms with Gasteiger partial charge in [0.25, 0.3) is 0 Å². The standard InChI is InChI=1S/C22H46N4/c1-17(2)18(3,4)24-21(9,23-17)15-13-11-12-14-16-22(10)25-19(5,6)20(7,8)26-22/h23-26H,11-16H2,1-10H3. The predicted molar refractivity (Wildman–Crippen MR) is 113 cm³/mol. The van der Waals surface area contributed by atoms with Gasteiger partial charge in [0.1, 0.15) is 0 Å². The summed E-state index contributed by atoms with van der Waals surface area (Å²) in [5.41, 5.74) is 0.597. The van der Waals surface area contributed by atoms with E-state index in [1.807, 2.05) is 0 Å². The van der Waals surface area contributed by atoms with Gasteiger partial charge in [0.2, 0.25) is 0 Å². The lowest BCUT2D eigenvalue weighted by Crippen LogP contribution is -2.51. The lowest BCUT2D eigenvalue weighted by Gasteiger charge is -2.33. The second kappa shape index (κ2) is 6.72. The Hall–Kier alpha value is -0.160. The first-order valence-electron chi connectivity index (χ1n) is 10.7. The molecule has 2 heterocycles. The Labute approximate surface area is 163 Å². The van der Waals surface area contributed by atoms with Crippen LogP contribution in [0.5, 0.6) is 0 Å². The van der Waals surface area contributed by atoms with Crippen LogP contribution in [0.15, 0.2) is 0 Å². The number of rotatable bonds is 7. The summed E-state index contributed by atoms with van der Waals surface area (Å²) in [4.78, 5) is 0. The van der Waals surface area contributed by atoms with Crippen LogP contribution in [0.4, 0.5) is 0 Å². The van der Waals surface area contributed by atoms with Crippen LogP contribution in [-0.4, -0.2) is 33.5 Å². The van der Waals surface area contributed by atoms with Crippen molar-refractivity contribution in [3.8, 4) is 0 Å². The van der Waals surface area contributed by atoms with Crippen molar-refractivity contribution in [1.82, 2.24) is 21.3 Å². The van der Waals surface area contributed by atoms with Crippen LogP contribution < -0.4 is 21.3 Å². The van der Waals surface area contributed by atoms with Gasteiger partial charge >= 0.3 is 0 Å². The minimum Gasteiger partial charge on any atom is -0.293 e. The van der Waals surface area contributed by atoms with Crippen LogP contribution in [0.1, 0.15) is 108 Å². The summed E-state index contributed by atoms with van der Waals surface area (Å²) in [5, 5.41) is 15.3. The quantitative estimate of drug-likeness (QED) is 0.509. The van der Waals surface area contributed by atoms with Crippen molar-refractivity contribution in [3.05, 3.63) is 0 Å². The number of nitrogens with one attached hydrogen (secondary N) is 4. The summed E-state index contributed by atoms with van der Waals surface area (Å²) in [6, 6.07) is 0. The average Bonchev–Trinajstić information content (AvgIpc) is 2.66. The molecule has 0 amide bonds. The largest absolute Gasteiger partial charge is 0.293 e. The molecule has 2 saturated heterocycles. The van der Waals surface area contributed by atoms with E-state index >= 15 is 0 Å². The topological polar surface area (TPSA) is 48.1 Å². The third-order valence-corrected chi connectivity index (χ3v) is 7.58. The molecule has 2 aliphatic rings. The molecule has 0 spiro atoms. The molecule has 4 nitrogen and oxygen atoms in total. The molecule has 0 atom stereocenters. The van der Waals surface area contributed by atoms with Crippen molar-refractivity contribution in [2.45, 2.75) is 141 Å². The van der Waals surface area contributed by atoms with Gasteiger partial charge in [-0.3, -0.25) is 21.3 Å². The second-order valence-corrected chi connectivity index (χ2v) is 11.6. The summed E-state index contributed by atoms with van der Waals surface area (Å²) >= 11 is 0. The first-order chi connectivity index (χ1) is 11.5. The second-order valence-electron chi connectivity index (χ2n) is 11.6. The minimum absolute atomic E-state index is 0.0571. The summed E-state index contributed by atoms with van der Waals surface area (Å²) < 4.78 is 0. The Morgan fingerprint density at radius 2 is 0.615 bits per heavy atom. The van der Waals surface area contributed by atoms with Crippen LogP contribution in [0.2, 0.25) is 0 Å². The molecule has 0 aromatic carbocycles. The van der Waals surface area contributed by atoms with Crippen LogP contribution in [0, 0.1) is 0 Å². The molecular weight excluding hydrogens is 320 g/mol. The highest BCUT2D eigenvalue weighted by Crippen LogP contribution is 2.35. The first kappa shape index (κ1) is 22.1. The van der Waals surface area contributed by atoms with Gasteiger partial charge in [-0.1, -0.05) is 25.7 Å². The van der Waals surface area contributed by atoms with E-state index in [2.05, 4.69) is 90.5 Å². The van der Waals surface area contributed by atoms with Gasteiger partial charge < -0.3 is 0 Å². The summed E-state index contributed by atoms with van der Waals surface area (Å²) in [6.45, 7) is 23.1. The maximum Gasteiger partial charge on any atom is 0.0667 e. The summed E-state index contributed by atoms with van der Waals surface area (Å²) in [6.07, 6.45) is 7.54. The van der Waals surface area contributed by atoms with Crippen LogP contribution >= 0.6 is 0 Å². The Morgan fingerprint density at radius 1 is 0.385 bits per heavy atom. The molecule has 0 aromatic heterocycles. The zero-order valence-electron chi connectivity index (χ0n) is 19.2. The molecule has 4 N–H and O–H groups in total. The van der Waals surface area contributed by atoms with Crippen molar-refractivity contribution in [3.63, 3.8) is 0 Å². The molecule has 0 bridgehead atoms. The van der Waals surface area contributed by atoms with Gasteiger partial charge in [-0.25, -0.2) is 0 Å². The average molecular weight is 367 g/mol. The van der Waals surface area contributed by atoms with Crippen LogP contribution in [0.25, 0.3) is 0 Å². The lowest BCUT2D eigenvalue weighted by atomic mass is 9.85. The van der Waals surface area contributed by atoms with Gasteiger partial charge in [-0.15, -0.1) is 0 Å². The molecule has 154 valence electrons. The van der Waals surface area contributed by atoms with E-state index in [1.165, 1.54) is 38.5 Å². The summed E-state index contributed by atoms with van der Waals surface area (Å²) in [7, 11) is 0. The van der Waals surface area contributed by atoms with Crippen molar-refractivity contribution >= 4 is 0 Å². The number of hydrogen-bond donors (Lipinski definition) is 4. The van der Waals surface area contributed by atoms with Crippen LogP contribution in [-0.2, 0) is 0 Å². The monoisotopic (exact) mass is 366 g/mol. The van der Waals surface area contributed by atoms with Gasteiger partial charge in [-0.2, -0.15) is 0 Å². The molecule has 2 fully saturated rings. The Balaban J connectivity index is 1.69. The molecular formula is C22H46N4. The molecule has 0 aliphatic carbocycles. The maximum atomic E-state index is 3.83. The SMILES string of the molecule is CC1(CCCCCCC2(C)NC(C)(C)C(C)(C)N2)NC(C)(C)C(C)(C)N1. The molecule has 0 unspecified atom stereocenters. The fourth-order valence-corrected chi connectivity index (χ4v) is 5.01. The van der Waals surface area contributed by atoms with E-state index in [4.69, 9.17) is 0 Å². The zero-order valence-corrected chi connectivity index (χ0v) is 19.2. The molecule has 2 rings (SSSR count). The van der Waals surface area contributed by atoms with Crippen molar-refractivity contribution in [1.29, 1.82) is 0 Å². The molecule has 2 aliphatic heterocycles. The van der Waals surface area contributed by atoms with Crippen LogP contribution in [0.3, 0.4) is 0 Å². The van der Waals surface area contributed by atoms with E-state index in [0.717, 1.165) is 0 Å². The third kappa shape index (κ3) is 4.45. The van der Waals surface area contributed by atoms with Gasteiger partial charge in [0, 0.05) is 22.2 Å². The fourth-order valence-electron chi connectivity index (χ4n) is 5.01. The van der Waals surface area contributed by atoms with E-state index in [0.29, 0.717) is 0 Å². The lowest BCUT2D eigenvalue weighted by molar-refractivity contribution is 0.284. The van der Waals surface area contributed by atoms with Gasteiger partial charge in [0.05, 0.1) is 11.3 Å². The smallest absolute Gasteiger partial charge is 0.0667 e. The summed E-state index contributed by atoms with van der Waals surface area (Å²) in [5.74, 6) is 0. The molecule has 0 saturated carbocycles. The predicted octanol–water partition coefficient (Wildman–Crippen LogP) is 4.26. The normalized spacial score (nSPS) is 29.8. The Morgan fingerprint density at radius 3 is 0.846 bits per heavy atom. The Kier molecular flexibility index (Phi) is 5.72.